The zero-order valence-electron chi connectivity index (χ0n) is 16.0. The minimum absolute atomic E-state index is 0.0955. The average molecular weight is 382 g/mol. The maximum Gasteiger partial charge on any atom is 0.250 e. The number of amides is 1. The van der Waals surface area contributed by atoms with Crippen LogP contribution in [0.3, 0.4) is 0 Å². The summed E-state index contributed by atoms with van der Waals surface area (Å²) in [5.41, 5.74) is 0.508. The molecule has 0 saturated carbocycles. The number of nitrogens with zero attached hydrogens (tertiary/aromatic N) is 3. The summed E-state index contributed by atoms with van der Waals surface area (Å²) >= 11 is 0. The first kappa shape index (κ1) is 19.2. The number of hydrogen-bond donors (Lipinski definition) is 1. The minimum atomic E-state index is -0.545. The van der Waals surface area contributed by atoms with Crippen molar-refractivity contribution in [3.63, 3.8) is 0 Å². The monoisotopic (exact) mass is 382 g/mol. The minimum Gasteiger partial charge on any atom is -0.497 e. The molecule has 0 aliphatic heterocycles. The van der Waals surface area contributed by atoms with E-state index in [0.717, 1.165) is 5.56 Å². The molecule has 0 aliphatic rings. The molecule has 0 aliphatic carbocycles. The Morgan fingerprint density at radius 3 is 2.43 bits per heavy atom. The van der Waals surface area contributed by atoms with Crippen LogP contribution in [-0.4, -0.2) is 34.2 Å². The second-order valence-electron chi connectivity index (χ2n) is 6.21. The third kappa shape index (κ3) is 4.22. The normalized spacial score (nSPS) is 11.7. The Labute approximate surface area is 162 Å². The van der Waals surface area contributed by atoms with Crippen LogP contribution in [0, 0.1) is 0 Å². The van der Waals surface area contributed by atoms with Crippen molar-refractivity contribution in [2.24, 2.45) is 7.05 Å². The molecule has 8 heteroatoms. The van der Waals surface area contributed by atoms with Gasteiger partial charge in [0.05, 0.1) is 14.2 Å². The van der Waals surface area contributed by atoms with Crippen molar-refractivity contribution in [1.29, 1.82) is 0 Å². The molecular weight excluding hydrogens is 360 g/mol. The van der Waals surface area contributed by atoms with E-state index in [2.05, 4.69) is 10.3 Å². The second-order valence-corrected chi connectivity index (χ2v) is 6.21. The fraction of sp³-hybridized carbons (Fsp3) is 0.250. The van der Waals surface area contributed by atoms with Crippen LogP contribution in [0.4, 0.5) is 0 Å². The molecule has 0 fully saturated rings. The van der Waals surface area contributed by atoms with Gasteiger partial charge in [0, 0.05) is 37.8 Å². The van der Waals surface area contributed by atoms with Gasteiger partial charge in [-0.15, -0.1) is 0 Å². The van der Waals surface area contributed by atoms with Crippen LogP contribution in [0.25, 0.3) is 0 Å². The third-order valence-corrected chi connectivity index (χ3v) is 4.34. The average Bonchev–Trinajstić information content (AvgIpc) is 3.13. The Morgan fingerprint density at radius 1 is 1.14 bits per heavy atom. The highest BCUT2D eigenvalue weighted by atomic mass is 16.5. The Balaban J connectivity index is 1.95. The van der Waals surface area contributed by atoms with E-state index in [9.17, 15) is 9.59 Å². The zero-order chi connectivity index (χ0) is 20.1. The lowest BCUT2D eigenvalue weighted by Crippen LogP contribution is -2.35. The predicted molar refractivity (Wildman–Crippen MR) is 103 cm³/mol. The number of ether oxygens (including phenoxy) is 2. The molecule has 0 radical (unpaired) electrons. The van der Waals surface area contributed by atoms with E-state index in [1.165, 1.54) is 10.6 Å². The predicted octanol–water partition coefficient (Wildman–Crippen LogP) is 1.50. The first-order valence-corrected chi connectivity index (χ1v) is 8.67. The number of benzene rings is 1. The van der Waals surface area contributed by atoms with Crippen LogP contribution in [0.5, 0.6) is 11.5 Å². The maximum absolute atomic E-state index is 12.7. The van der Waals surface area contributed by atoms with Crippen molar-refractivity contribution in [3.05, 3.63) is 76.7 Å². The Kier molecular flexibility index (Phi) is 5.78. The number of nitrogens with one attached hydrogen (secondary N) is 1. The highest BCUT2D eigenvalue weighted by molar-refractivity contribution is 5.76. The van der Waals surface area contributed by atoms with E-state index in [-0.39, 0.29) is 18.0 Å². The van der Waals surface area contributed by atoms with Crippen LogP contribution in [0.2, 0.25) is 0 Å². The van der Waals surface area contributed by atoms with Crippen LogP contribution >= 0.6 is 0 Å². The molecule has 1 amide bonds. The number of carbonyl (C=O) groups is 1. The van der Waals surface area contributed by atoms with Crippen LogP contribution in [0.15, 0.2) is 59.8 Å². The topological polar surface area (TPSA) is 87.4 Å². The molecule has 1 atom stereocenters. The zero-order valence-corrected chi connectivity index (χ0v) is 16.0. The van der Waals surface area contributed by atoms with Crippen LogP contribution in [-0.2, 0) is 18.4 Å². The van der Waals surface area contributed by atoms with E-state index >= 15 is 0 Å². The number of carbonyl (C=O) groups excluding carboxylic acids is 1. The summed E-state index contributed by atoms with van der Waals surface area (Å²) in [4.78, 5) is 29.0. The van der Waals surface area contributed by atoms with Gasteiger partial charge in [-0.3, -0.25) is 9.59 Å². The summed E-state index contributed by atoms with van der Waals surface area (Å²) in [6.07, 6.45) is 5.04. The van der Waals surface area contributed by atoms with E-state index < -0.39 is 6.04 Å². The van der Waals surface area contributed by atoms with Crippen molar-refractivity contribution in [2.45, 2.75) is 12.6 Å². The molecule has 1 N–H and O–H groups in total. The lowest BCUT2D eigenvalue weighted by molar-refractivity contribution is -0.122. The Morgan fingerprint density at radius 2 is 1.86 bits per heavy atom. The van der Waals surface area contributed by atoms with Gasteiger partial charge in [0.15, 0.2) is 0 Å². The van der Waals surface area contributed by atoms with Crippen molar-refractivity contribution in [3.8, 4) is 11.5 Å². The SMILES string of the molecule is COc1cc(OC)cc([C@H](NC(=O)Cn2ccccc2=O)c2nccn2C)c1. The number of methoxy groups -OCH3 is 2. The standard InChI is InChI=1S/C20H22N4O4/c1-23-9-7-21-20(23)19(14-10-15(27-2)12-16(11-14)28-3)22-17(25)13-24-8-5-4-6-18(24)26/h4-12,19H,13H2,1-3H3,(H,22,25)/t19-/m0/s1. The van der Waals surface area contributed by atoms with E-state index in [4.69, 9.17) is 9.47 Å². The number of rotatable bonds is 7. The highest BCUT2D eigenvalue weighted by Gasteiger charge is 2.22. The molecule has 2 aromatic heterocycles. The second kappa shape index (κ2) is 8.43. The molecule has 2 heterocycles. The lowest BCUT2D eigenvalue weighted by atomic mass is 10.0. The van der Waals surface area contributed by atoms with Gasteiger partial charge in [0.1, 0.15) is 29.9 Å². The summed E-state index contributed by atoms with van der Waals surface area (Å²) in [5.74, 6) is 1.52. The highest BCUT2D eigenvalue weighted by Crippen LogP contribution is 2.29. The van der Waals surface area contributed by atoms with Gasteiger partial charge in [-0.2, -0.15) is 0 Å². The molecule has 0 spiro atoms. The van der Waals surface area contributed by atoms with Gasteiger partial charge in [0.25, 0.3) is 5.56 Å². The van der Waals surface area contributed by atoms with Gasteiger partial charge in [0.2, 0.25) is 5.91 Å². The van der Waals surface area contributed by atoms with Gasteiger partial charge >= 0.3 is 0 Å². The summed E-state index contributed by atoms with van der Waals surface area (Å²) in [7, 11) is 4.98. The molecule has 0 unspecified atom stereocenters. The van der Waals surface area contributed by atoms with Crippen molar-refractivity contribution in [2.75, 3.05) is 14.2 Å². The Bertz CT molecular complexity index is 1000. The summed E-state index contributed by atoms with van der Waals surface area (Å²) in [6, 6.07) is 9.60. The molecule has 8 nitrogen and oxygen atoms in total. The van der Waals surface area contributed by atoms with Gasteiger partial charge < -0.3 is 23.9 Å². The number of imidazole rings is 1. The van der Waals surface area contributed by atoms with E-state index in [0.29, 0.717) is 17.3 Å². The first-order valence-electron chi connectivity index (χ1n) is 8.67. The van der Waals surface area contributed by atoms with Gasteiger partial charge in [-0.1, -0.05) is 6.07 Å². The summed E-state index contributed by atoms with van der Waals surface area (Å²) in [5, 5.41) is 2.96. The third-order valence-electron chi connectivity index (χ3n) is 4.34. The van der Waals surface area contributed by atoms with Gasteiger partial charge in [-0.05, 0) is 23.8 Å². The maximum atomic E-state index is 12.7. The number of aryl methyl sites for hydroxylation is 1. The van der Waals surface area contributed by atoms with Crippen LogP contribution in [0.1, 0.15) is 17.4 Å². The largest absolute Gasteiger partial charge is 0.497 e. The summed E-state index contributed by atoms with van der Waals surface area (Å²) in [6.45, 7) is -0.0955. The number of pyridine rings is 1. The van der Waals surface area contributed by atoms with Crippen LogP contribution < -0.4 is 20.3 Å². The lowest BCUT2D eigenvalue weighted by Gasteiger charge is -2.21. The molecule has 1 aromatic carbocycles. The van der Waals surface area contributed by atoms with Crippen molar-refractivity contribution >= 4 is 5.91 Å². The van der Waals surface area contributed by atoms with Gasteiger partial charge in [-0.25, -0.2) is 4.98 Å². The molecular formula is C20H22N4O4. The van der Waals surface area contributed by atoms with E-state index in [1.54, 1.807) is 51.0 Å². The van der Waals surface area contributed by atoms with Crippen molar-refractivity contribution < 1.29 is 14.3 Å². The Hall–Kier alpha value is -3.55. The molecule has 0 bridgehead atoms. The van der Waals surface area contributed by atoms with Crippen molar-refractivity contribution in [1.82, 2.24) is 19.4 Å². The molecule has 0 saturated heterocycles. The summed E-state index contributed by atoms with van der Waals surface area (Å²) < 4.78 is 13.9. The molecule has 3 aromatic rings. The molecule has 3 rings (SSSR count). The smallest absolute Gasteiger partial charge is 0.250 e. The molecule has 28 heavy (non-hydrogen) atoms. The fourth-order valence-corrected chi connectivity index (χ4v) is 2.90. The van der Waals surface area contributed by atoms with E-state index in [1.807, 2.05) is 23.7 Å². The fourth-order valence-electron chi connectivity index (χ4n) is 2.90. The quantitative estimate of drug-likeness (QED) is 0.669. The first-order chi connectivity index (χ1) is 13.5. The number of hydrogen-bond acceptors (Lipinski definition) is 5. The number of aromatic nitrogens is 3. The molecule has 146 valence electrons.